The number of ether oxygens (including phenoxy) is 1. The quantitative estimate of drug-likeness (QED) is 0.850. The highest BCUT2D eigenvalue weighted by Gasteiger charge is 2.09. The van der Waals surface area contributed by atoms with E-state index in [1.165, 1.54) is 6.07 Å². The van der Waals surface area contributed by atoms with Gasteiger partial charge in [-0.3, -0.25) is 0 Å². The predicted molar refractivity (Wildman–Crippen MR) is 80.6 cm³/mol. The van der Waals surface area contributed by atoms with E-state index in [1.807, 2.05) is 0 Å². The molecule has 0 heterocycles. The van der Waals surface area contributed by atoms with Crippen molar-refractivity contribution in [1.29, 1.82) is 0 Å². The normalized spacial score (nSPS) is 10.8. The van der Waals surface area contributed by atoms with Gasteiger partial charge < -0.3 is 9.84 Å². The van der Waals surface area contributed by atoms with E-state index >= 15 is 0 Å². The minimum atomic E-state index is -0.964. The first-order chi connectivity index (χ1) is 9.97. The van der Waals surface area contributed by atoms with Crippen LogP contribution >= 0.6 is 0 Å². The highest BCUT2D eigenvalue weighted by molar-refractivity contribution is 5.98. The summed E-state index contributed by atoms with van der Waals surface area (Å²) in [6.45, 7) is 4.56. The average molecular weight is 286 g/mol. The van der Waals surface area contributed by atoms with Crippen LogP contribution in [0.4, 0.5) is 0 Å². The topological polar surface area (TPSA) is 63.6 Å². The second-order valence-corrected chi connectivity index (χ2v) is 5.40. The van der Waals surface area contributed by atoms with Crippen molar-refractivity contribution in [1.82, 2.24) is 0 Å². The number of esters is 1. The molecule has 0 saturated carbocycles. The van der Waals surface area contributed by atoms with Gasteiger partial charge in [0.15, 0.2) is 0 Å². The van der Waals surface area contributed by atoms with Gasteiger partial charge in [-0.25, -0.2) is 9.59 Å². The van der Waals surface area contributed by atoms with E-state index in [1.54, 1.807) is 30.3 Å². The van der Waals surface area contributed by atoms with E-state index in [0.717, 1.165) is 17.2 Å². The van der Waals surface area contributed by atoms with Crippen molar-refractivity contribution in [3.63, 3.8) is 0 Å². The third-order valence-electron chi connectivity index (χ3n) is 3.25. The number of hydrogen-bond acceptors (Lipinski definition) is 3. The number of aromatic carboxylic acids is 1. The summed E-state index contributed by atoms with van der Waals surface area (Å²) in [6.07, 6.45) is 0.835. The maximum absolute atomic E-state index is 11.9. The molecule has 2 aromatic carbocycles. The Morgan fingerprint density at radius 1 is 1.05 bits per heavy atom. The van der Waals surface area contributed by atoms with Crippen molar-refractivity contribution < 1.29 is 19.4 Å². The van der Waals surface area contributed by atoms with Crippen LogP contribution in [0.1, 0.15) is 41.0 Å². The summed E-state index contributed by atoms with van der Waals surface area (Å²) in [5.74, 6) is -0.822. The monoisotopic (exact) mass is 286 g/mol. The smallest absolute Gasteiger partial charge is 0.338 e. The van der Waals surface area contributed by atoms with Gasteiger partial charge in [0.25, 0.3) is 0 Å². The van der Waals surface area contributed by atoms with Crippen LogP contribution < -0.4 is 0 Å². The fourth-order valence-corrected chi connectivity index (χ4v) is 1.98. The lowest BCUT2D eigenvalue weighted by Gasteiger charge is -2.07. The molecule has 0 aromatic heterocycles. The molecule has 0 aliphatic heterocycles. The molecule has 0 atom stereocenters. The van der Waals surface area contributed by atoms with E-state index in [4.69, 9.17) is 9.84 Å². The van der Waals surface area contributed by atoms with Crippen LogP contribution in [0.15, 0.2) is 36.4 Å². The minimum absolute atomic E-state index is 0.231. The number of benzene rings is 2. The average Bonchev–Trinajstić information content (AvgIpc) is 2.45. The van der Waals surface area contributed by atoms with Crippen LogP contribution in [0.25, 0.3) is 10.8 Å². The first kappa shape index (κ1) is 15.0. The third kappa shape index (κ3) is 3.81. The largest absolute Gasteiger partial charge is 0.478 e. The van der Waals surface area contributed by atoms with Gasteiger partial charge in [0, 0.05) is 0 Å². The Kier molecular flexibility index (Phi) is 4.58. The Labute approximate surface area is 123 Å². The molecule has 0 aliphatic carbocycles. The fraction of sp³-hybridized carbons (Fsp3) is 0.294. The molecule has 0 radical (unpaired) electrons. The maximum atomic E-state index is 11.9. The van der Waals surface area contributed by atoms with Crippen molar-refractivity contribution in [3.05, 3.63) is 47.5 Å². The Balaban J connectivity index is 2.17. The molecule has 21 heavy (non-hydrogen) atoms. The molecule has 0 spiro atoms. The van der Waals surface area contributed by atoms with Crippen LogP contribution in [0, 0.1) is 5.92 Å². The summed E-state index contributed by atoms with van der Waals surface area (Å²) < 4.78 is 5.22. The molecule has 2 rings (SSSR count). The molecule has 110 valence electrons. The van der Waals surface area contributed by atoms with Crippen LogP contribution in [0.2, 0.25) is 0 Å². The molecule has 4 nitrogen and oxygen atoms in total. The lowest BCUT2D eigenvalue weighted by Crippen LogP contribution is -2.08. The molecular formula is C17H18O4. The molecule has 0 fully saturated rings. The highest BCUT2D eigenvalue weighted by atomic mass is 16.5. The zero-order chi connectivity index (χ0) is 15.4. The molecule has 2 aromatic rings. The number of fused-ring (bicyclic) bond motifs is 1. The van der Waals surface area contributed by atoms with E-state index in [0.29, 0.717) is 18.1 Å². The predicted octanol–water partition coefficient (Wildman–Crippen LogP) is 3.74. The summed E-state index contributed by atoms with van der Waals surface area (Å²) in [5, 5.41) is 10.6. The molecule has 0 amide bonds. The third-order valence-corrected chi connectivity index (χ3v) is 3.25. The Bertz CT molecular complexity index is 674. The van der Waals surface area contributed by atoms with Crippen LogP contribution in [0.3, 0.4) is 0 Å². The number of carboxylic acid groups (broad SMARTS) is 1. The van der Waals surface area contributed by atoms with Gasteiger partial charge >= 0.3 is 11.9 Å². The van der Waals surface area contributed by atoms with Gasteiger partial charge in [-0.05, 0) is 47.4 Å². The van der Waals surface area contributed by atoms with Crippen molar-refractivity contribution in [3.8, 4) is 0 Å². The standard InChI is InChI=1S/C17H18O4/c1-11(2)7-8-21-17(20)15-6-4-12-9-14(16(18)19)5-3-13(12)10-15/h3-6,9-11H,7-8H2,1-2H3,(H,18,19). The Morgan fingerprint density at radius 2 is 1.62 bits per heavy atom. The number of carboxylic acids is 1. The van der Waals surface area contributed by atoms with E-state index < -0.39 is 5.97 Å². The van der Waals surface area contributed by atoms with E-state index in [2.05, 4.69) is 13.8 Å². The molecule has 0 saturated heterocycles. The van der Waals surface area contributed by atoms with Crippen LogP contribution in [-0.4, -0.2) is 23.7 Å². The minimum Gasteiger partial charge on any atom is -0.478 e. The van der Waals surface area contributed by atoms with Crippen molar-refractivity contribution in [2.75, 3.05) is 6.61 Å². The fourth-order valence-electron chi connectivity index (χ4n) is 1.98. The van der Waals surface area contributed by atoms with E-state index in [9.17, 15) is 9.59 Å². The lowest BCUT2D eigenvalue weighted by molar-refractivity contribution is 0.0488. The number of hydrogen-bond donors (Lipinski definition) is 1. The van der Waals surface area contributed by atoms with Gasteiger partial charge in [-0.2, -0.15) is 0 Å². The van der Waals surface area contributed by atoms with Crippen molar-refractivity contribution >= 4 is 22.7 Å². The van der Waals surface area contributed by atoms with Crippen LogP contribution in [-0.2, 0) is 4.74 Å². The summed E-state index contributed by atoms with van der Waals surface area (Å²) in [6, 6.07) is 9.93. The second-order valence-electron chi connectivity index (χ2n) is 5.40. The summed E-state index contributed by atoms with van der Waals surface area (Å²) in [5.41, 5.74) is 0.712. The maximum Gasteiger partial charge on any atom is 0.338 e. The molecular weight excluding hydrogens is 268 g/mol. The van der Waals surface area contributed by atoms with E-state index in [-0.39, 0.29) is 11.5 Å². The SMILES string of the molecule is CC(C)CCOC(=O)c1ccc2cc(C(=O)O)ccc2c1. The zero-order valence-corrected chi connectivity index (χ0v) is 12.1. The molecule has 1 N–H and O–H groups in total. The molecule has 0 aliphatic rings. The van der Waals surface area contributed by atoms with Gasteiger partial charge in [-0.1, -0.05) is 26.0 Å². The Morgan fingerprint density at radius 3 is 2.19 bits per heavy atom. The number of carbonyl (C=O) groups excluding carboxylic acids is 1. The molecule has 0 bridgehead atoms. The van der Waals surface area contributed by atoms with Gasteiger partial charge in [0.05, 0.1) is 17.7 Å². The zero-order valence-electron chi connectivity index (χ0n) is 12.1. The Hall–Kier alpha value is -2.36. The van der Waals surface area contributed by atoms with Gasteiger partial charge in [-0.15, -0.1) is 0 Å². The molecule has 4 heteroatoms. The van der Waals surface area contributed by atoms with Gasteiger partial charge in [0.2, 0.25) is 0 Å². The summed E-state index contributed by atoms with van der Waals surface area (Å²) >= 11 is 0. The first-order valence-corrected chi connectivity index (χ1v) is 6.91. The number of carbonyl (C=O) groups is 2. The first-order valence-electron chi connectivity index (χ1n) is 6.91. The summed E-state index contributed by atoms with van der Waals surface area (Å²) in [7, 11) is 0. The highest BCUT2D eigenvalue weighted by Crippen LogP contribution is 2.19. The van der Waals surface area contributed by atoms with Crippen molar-refractivity contribution in [2.45, 2.75) is 20.3 Å². The van der Waals surface area contributed by atoms with Crippen LogP contribution in [0.5, 0.6) is 0 Å². The lowest BCUT2D eigenvalue weighted by atomic mass is 10.0. The second kappa shape index (κ2) is 6.39. The van der Waals surface area contributed by atoms with Gasteiger partial charge in [0.1, 0.15) is 0 Å². The summed E-state index contributed by atoms with van der Waals surface area (Å²) in [4.78, 5) is 22.8. The number of rotatable bonds is 5. The van der Waals surface area contributed by atoms with Crippen molar-refractivity contribution in [2.24, 2.45) is 5.92 Å². The molecule has 0 unspecified atom stereocenters.